The van der Waals surface area contributed by atoms with Crippen LogP contribution in [0.4, 0.5) is 0 Å². The number of benzene rings is 1. The van der Waals surface area contributed by atoms with Gasteiger partial charge in [-0.05, 0) is 24.1 Å². The third-order valence-electron chi connectivity index (χ3n) is 3.40. The van der Waals surface area contributed by atoms with Crippen LogP contribution in [0.15, 0.2) is 28.7 Å². The molecule has 1 amide bonds. The molecule has 3 aliphatic rings. The summed E-state index contributed by atoms with van der Waals surface area (Å²) in [6, 6.07) is 8.23. The first kappa shape index (κ1) is 11.2. The molecule has 3 aliphatic heterocycles. The Labute approximate surface area is 109 Å². The molecule has 0 aromatic heterocycles. The molecule has 0 spiro atoms. The lowest BCUT2D eigenvalue weighted by Gasteiger charge is -2.46. The second kappa shape index (κ2) is 4.42. The molecule has 3 saturated heterocycles. The van der Waals surface area contributed by atoms with Crippen LogP contribution in [0, 0.1) is 0 Å². The highest BCUT2D eigenvalue weighted by molar-refractivity contribution is 9.10. The van der Waals surface area contributed by atoms with Crippen LogP contribution in [-0.4, -0.2) is 36.1 Å². The van der Waals surface area contributed by atoms with Crippen LogP contribution in [0.3, 0.4) is 0 Å². The summed E-state index contributed by atoms with van der Waals surface area (Å²) in [5.41, 5.74) is 1.26. The van der Waals surface area contributed by atoms with Gasteiger partial charge in [0, 0.05) is 24.0 Å². The van der Waals surface area contributed by atoms with Gasteiger partial charge in [-0.2, -0.15) is 0 Å². The van der Waals surface area contributed by atoms with Crippen molar-refractivity contribution in [1.29, 1.82) is 0 Å². The number of hydrogen-bond acceptors (Lipinski definition) is 2. The molecule has 3 fully saturated rings. The van der Waals surface area contributed by atoms with Crippen molar-refractivity contribution in [3.05, 3.63) is 34.3 Å². The number of halogens is 1. The second-order valence-corrected chi connectivity index (χ2v) is 5.56. The third kappa shape index (κ3) is 2.24. The van der Waals surface area contributed by atoms with Gasteiger partial charge in [0.2, 0.25) is 0 Å². The summed E-state index contributed by atoms with van der Waals surface area (Å²) in [7, 11) is 0. The molecule has 3 nitrogen and oxygen atoms in total. The molecule has 1 aromatic carbocycles. The molecule has 1 aromatic rings. The van der Waals surface area contributed by atoms with Gasteiger partial charge in [-0.25, -0.2) is 0 Å². The third-order valence-corrected chi connectivity index (χ3v) is 3.90. The summed E-state index contributed by atoms with van der Waals surface area (Å²) in [5, 5.41) is 0. The Balaban J connectivity index is 1.59. The highest BCUT2D eigenvalue weighted by atomic mass is 79.9. The SMILES string of the molecule is O=C1C2CC(CN1CCc1cccc(Br)c1)O2. The maximum Gasteiger partial charge on any atom is 0.251 e. The number of morpholine rings is 1. The molecular weight excluding hydrogens is 282 g/mol. The number of fused-ring (bicyclic) bond motifs is 2. The fourth-order valence-electron chi connectivity index (χ4n) is 2.43. The Morgan fingerprint density at radius 1 is 1.47 bits per heavy atom. The number of carbonyl (C=O) groups is 1. The molecule has 4 rings (SSSR count). The van der Waals surface area contributed by atoms with E-state index in [1.165, 1.54) is 5.56 Å². The largest absolute Gasteiger partial charge is 0.363 e. The predicted molar refractivity (Wildman–Crippen MR) is 67.7 cm³/mol. The van der Waals surface area contributed by atoms with Crippen molar-refractivity contribution in [2.75, 3.05) is 13.1 Å². The van der Waals surface area contributed by atoms with Crippen LogP contribution in [0.5, 0.6) is 0 Å². The van der Waals surface area contributed by atoms with Gasteiger partial charge in [-0.1, -0.05) is 28.1 Å². The van der Waals surface area contributed by atoms with Crippen molar-refractivity contribution in [3.8, 4) is 0 Å². The minimum Gasteiger partial charge on any atom is -0.363 e. The predicted octanol–water partition coefficient (Wildman–Crippen LogP) is 1.99. The Kier molecular flexibility index (Phi) is 2.92. The van der Waals surface area contributed by atoms with E-state index in [1.54, 1.807) is 0 Å². The molecule has 4 heteroatoms. The maximum atomic E-state index is 11.8. The molecule has 2 bridgehead atoms. The average Bonchev–Trinajstić information content (AvgIpc) is 2.26. The van der Waals surface area contributed by atoms with E-state index < -0.39 is 0 Å². The zero-order chi connectivity index (χ0) is 11.8. The van der Waals surface area contributed by atoms with Crippen LogP contribution in [0.2, 0.25) is 0 Å². The van der Waals surface area contributed by atoms with Crippen molar-refractivity contribution >= 4 is 21.8 Å². The summed E-state index contributed by atoms with van der Waals surface area (Å²) >= 11 is 3.46. The van der Waals surface area contributed by atoms with Gasteiger partial charge in [-0.3, -0.25) is 4.79 Å². The van der Waals surface area contributed by atoms with Crippen LogP contribution >= 0.6 is 15.9 Å². The van der Waals surface area contributed by atoms with Crippen molar-refractivity contribution in [2.45, 2.75) is 25.0 Å². The average molecular weight is 296 g/mol. The van der Waals surface area contributed by atoms with E-state index in [0.29, 0.717) is 6.10 Å². The van der Waals surface area contributed by atoms with E-state index >= 15 is 0 Å². The standard InChI is InChI=1S/C13H14BrNO2/c14-10-3-1-2-9(6-10)4-5-15-8-11-7-12(17-11)13(15)16/h1-3,6,11-12H,4-5,7-8H2. The van der Waals surface area contributed by atoms with Gasteiger partial charge in [0.25, 0.3) is 5.91 Å². The lowest BCUT2D eigenvalue weighted by atomic mass is 9.97. The number of nitrogens with zero attached hydrogens (tertiary/aromatic N) is 1. The number of hydrogen-bond donors (Lipinski definition) is 0. The molecule has 0 radical (unpaired) electrons. The van der Waals surface area contributed by atoms with Crippen LogP contribution in [0.1, 0.15) is 12.0 Å². The Hall–Kier alpha value is -0.870. The fourth-order valence-corrected chi connectivity index (χ4v) is 2.88. The zero-order valence-electron chi connectivity index (χ0n) is 9.43. The quantitative estimate of drug-likeness (QED) is 0.854. The highest BCUT2D eigenvalue weighted by Crippen LogP contribution is 2.29. The first-order chi connectivity index (χ1) is 8.22. The van der Waals surface area contributed by atoms with Gasteiger partial charge in [0.1, 0.15) is 6.10 Å². The molecule has 90 valence electrons. The lowest BCUT2D eigenvalue weighted by molar-refractivity contribution is -0.197. The first-order valence-corrected chi connectivity index (χ1v) is 6.70. The second-order valence-electron chi connectivity index (χ2n) is 4.65. The Morgan fingerprint density at radius 3 is 3.00 bits per heavy atom. The summed E-state index contributed by atoms with van der Waals surface area (Å²) in [6.45, 7) is 1.56. The number of ether oxygens (including phenoxy) is 1. The number of carbonyl (C=O) groups excluding carboxylic acids is 1. The van der Waals surface area contributed by atoms with E-state index in [-0.39, 0.29) is 12.0 Å². The lowest BCUT2D eigenvalue weighted by Crippen LogP contribution is -2.61. The Morgan fingerprint density at radius 2 is 2.29 bits per heavy atom. The van der Waals surface area contributed by atoms with E-state index in [2.05, 4.69) is 28.1 Å². The minimum absolute atomic E-state index is 0.142. The van der Waals surface area contributed by atoms with Crippen molar-refractivity contribution in [2.24, 2.45) is 0 Å². The van der Waals surface area contributed by atoms with Gasteiger partial charge in [0.15, 0.2) is 0 Å². The van der Waals surface area contributed by atoms with E-state index in [9.17, 15) is 4.79 Å². The molecular formula is C13H14BrNO2. The van der Waals surface area contributed by atoms with Crippen molar-refractivity contribution < 1.29 is 9.53 Å². The monoisotopic (exact) mass is 295 g/mol. The maximum absolute atomic E-state index is 11.8. The molecule has 3 heterocycles. The summed E-state index contributed by atoms with van der Waals surface area (Å²) in [6.07, 6.45) is 1.98. The topological polar surface area (TPSA) is 29.5 Å². The zero-order valence-corrected chi connectivity index (χ0v) is 11.0. The van der Waals surface area contributed by atoms with Crippen LogP contribution in [0.25, 0.3) is 0 Å². The normalized spacial score (nSPS) is 26.9. The number of rotatable bonds is 3. The fraction of sp³-hybridized carbons (Fsp3) is 0.462. The number of amides is 1. The smallest absolute Gasteiger partial charge is 0.251 e. The van der Waals surface area contributed by atoms with Gasteiger partial charge < -0.3 is 9.64 Å². The molecule has 17 heavy (non-hydrogen) atoms. The summed E-state index contributed by atoms with van der Waals surface area (Å²) in [4.78, 5) is 13.8. The Bertz CT molecular complexity index is 443. The van der Waals surface area contributed by atoms with E-state index in [1.807, 2.05) is 17.0 Å². The van der Waals surface area contributed by atoms with Gasteiger partial charge in [0.05, 0.1) is 6.10 Å². The molecule has 0 N–H and O–H groups in total. The first-order valence-electron chi connectivity index (χ1n) is 5.91. The molecule has 2 atom stereocenters. The minimum atomic E-state index is -0.142. The van der Waals surface area contributed by atoms with Crippen molar-refractivity contribution in [1.82, 2.24) is 4.90 Å². The van der Waals surface area contributed by atoms with Crippen LogP contribution in [-0.2, 0) is 16.0 Å². The van der Waals surface area contributed by atoms with E-state index in [0.717, 1.165) is 30.4 Å². The van der Waals surface area contributed by atoms with Gasteiger partial charge >= 0.3 is 0 Å². The van der Waals surface area contributed by atoms with Gasteiger partial charge in [-0.15, -0.1) is 0 Å². The summed E-state index contributed by atoms with van der Waals surface area (Å²) in [5.74, 6) is 0.169. The number of piperidine rings is 1. The van der Waals surface area contributed by atoms with Crippen molar-refractivity contribution in [3.63, 3.8) is 0 Å². The molecule has 0 aliphatic carbocycles. The van der Waals surface area contributed by atoms with Crippen LogP contribution < -0.4 is 0 Å². The molecule has 0 saturated carbocycles. The van der Waals surface area contributed by atoms with E-state index in [4.69, 9.17) is 4.74 Å². The molecule has 2 unspecified atom stereocenters. The summed E-state index contributed by atoms with van der Waals surface area (Å²) < 4.78 is 6.48. The highest BCUT2D eigenvalue weighted by Gasteiger charge is 2.44.